The molecular weight excluding hydrogens is 892 g/mol. The van der Waals surface area contributed by atoms with E-state index in [2.05, 4.69) is 125 Å². The number of amides is 4. The normalized spacial score (nSPS) is 10.2. The van der Waals surface area contributed by atoms with Crippen molar-refractivity contribution in [1.29, 1.82) is 0 Å². The molecule has 4 amide bonds. The molecule has 4 radical (unpaired) electrons. The molecule has 0 spiro atoms. The first kappa shape index (κ1) is 60.3. The van der Waals surface area contributed by atoms with Crippen molar-refractivity contribution < 1.29 is 19.2 Å². The average molecular weight is 957 g/mol. The number of benzene rings is 3. The van der Waals surface area contributed by atoms with Crippen LogP contribution < -0.4 is 0 Å². The van der Waals surface area contributed by atoms with E-state index in [4.69, 9.17) is 30.6 Å². The molecule has 3 rings (SSSR count). The van der Waals surface area contributed by atoms with Crippen molar-refractivity contribution in [3.63, 3.8) is 0 Å². The summed E-state index contributed by atoms with van der Waals surface area (Å²) in [5, 5.41) is 0. The van der Waals surface area contributed by atoms with E-state index in [1.54, 1.807) is 43.5 Å². The van der Waals surface area contributed by atoms with Crippen molar-refractivity contribution in [2.45, 2.75) is 24.5 Å². The molecule has 3 aromatic rings. The number of hydrogen-bond acceptors (Lipinski definition) is 11. The van der Waals surface area contributed by atoms with Gasteiger partial charge in [0.05, 0.1) is 0 Å². The Bertz CT molecular complexity index is 1860. The van der Waals surface area contributed by atoms with Gasteiger partial charge in [0.25, 0.3) is 0 Å². The number of nitrogens with zero attached hydrogens (tertiary/aromatic N) is 8. The van der Waals surface area contributed by atoms with Gasteiger partial charge in [-0.05, 0) is 0 Å². The van der Waals surface area contributed by atoms with Crippen molar-refractivity contribution in [1.82, 2.24) is 19.6 Å². The van der Waals surface area contributed by atoms with Gasteiger partial charge in [0, 0.05) is 0 Å². The minimum atomic E-state index is -0.398. The maximum absolute atomic E-state index is 12.3. The Balaban J connectivity index is 0.000000553. The number of thiol groups is 1. The number of thioether (sulfide) groups is 2. The molecule has 0 aliphatic heterocycles. The van der Waals surface area contributed by atoms with Gasteiger partial charge in [-0.3, -0.25) is 0 Å². The summed E-state index contributed by atoms with van der Waals surface area (Å²) >= 11 is 7.50. The van der Waals surface area contributed by atoms with E-state index in [1.165, 1.54) is 22.8 Å². The molecule has 0 atom stereocenters. The first-order valence-corrected chi connectivity index (χ1v) is 24.8. The Morgan fingerprint density at radius 2 is 1.03 bits per heavy atom. The van der Waals surface area contributed by atoms with Gasteiger partial charge in [0.2, 0.25) is 0 Å². The van der Waals surface area contributed by atoms with Crippen LogP contribution in [-0.4, -0.2) is 175 Å². The van der Waals surface area contributed by atoms with E-state index in [-0.39, 0.29) is 36.7 Å². The number of carbonyl (C=O) groups is 4. The predicted octanol–water partition coefficient (Wildman–Crippen LogP) is 6.43. The Hall–Kier alpha value is -4.73. The number of carbonyl (C=O) groups excluding carboxylic acids is 4. The van der Waals surface area contributed by atoms with Crippen molar-refractivity contribution in [2.75, 3.05) is 102 Å². The van der Waals surface area contributed by atoms with Gasteiger partial charge >= 0.3 is 420 Å². The molecule has 0 unspecified atom stereocenters. The Labute approximate surface area is 418 Å². The van der Waals surface area contributed by atoms with E-state index >= 15 is 0 Å². The van der Waals surface area contributed by atoms with Gasteiger partial charge in [-0.15, -0.1) is 0 Å². The van der Waals surface area contributed by atoms with Gasteiger partial charge in [-0.2, -0.15) is 0 Å². The topological polar surface area (TPSA) is 131 Å². The molecule has 0 N–H and O–H groups in total. The van der Waals surface area contributed by atoms with Gasteiger partial charge in [0.15, 0.2) is 0 Å². The maximum atomic E-state index is 12.3. The summed E-state index contributed by atoms with van der Waals surface area (Å²) in [5.74, 6) is 2.65. The zero-order valence-corrected chi connectivity index (χ0v) is 41.6. The molecule has 67 heavy (non-hydrogen) atoms. The number of hydrogen-bond donors (Lipinski definition) is 1. The SMILES string of the molecule is [B]=NCC(=O)N(CC=C)CCS.[B]=NCCN(CCC)C(=O)CCSCCN(CC=C)C(=O)CN=[B].[B]=NCCN(CCSC(c1ccccc1)(c1ccccc1)c1ccccc1)C(=O)C=C. The third kappa shape index (κ3) is 23.2. The molecule has 19 heteroatoms. The van der Waals surface area contributed by atoms with Crippen LogP contribution in [0.4, 0.5) is 0 Å². The molecule has 12 nitrogen and oxygen atoms in total. The van der Waals surface area contributed by atoms with E-state index in [1.807, 2.05) is 36.9 Å². The summed E-state index contributed by atoms with van der Waals surface area (Å²) in [5.41, 5.74) is 3.61. The van der Waals surface area contributed by atoms with Gasteiger partial charge in [-0.1, -0.05) is 0 Å². The van der Waals surface area contributed by atoms with Crippen LogP contribution in [0.1, 0.15) is 36.5 Å². The van der Waals surface area contributed by atoms with E-state index in [0.717, 1.165) is 30.2 Å². The van der Waals surface area contributed by atoms with Gasteiger partial charge in [0.1, 0.15) is 0 Å². The molecule has 0 aromatic heterocycles. The predicted molar refractivity (Wildman–Crippen MR) is 287 cm³/mol. The van der Waals surface area contributed by atoms with E-state index < -0.39 is 4.75 Å². The van der Waals surface area contributed by atoms with Crippen LogP contribution in [0.15, 0.2) is 149 Å². The molecule has 350 valence electrons. The third-order valence-corrected chi connectivity index (χ3v) is 12.4. The van der Waals surface area contributed by atoms with Gasteiger partial charge in [-0.25, -0.2) is 0 Å². The van der Waals surface area contributed by atoms with E-state index in [0.29, 0.717) is 71.1 Å². The van der Waals surface area contributed by atoms with Crippen LogP contribution in [0.3, 0.4) is 0 Å². The van der Waals surface area contributed by atoms with Crippen LogP contribution in [-0.2, 0) is 23.9 Å². The first-order chi connectivity index (χ1) is 32.6. The Kier molecular flexibility index (Phi) is 34.4. The molecule has 0 saturated carbocycles. The van der Waals surface area contributed by atoms with Crippen LogP contribution in [0.25, 0.3) is 0 Å². The third-order valence-electron chi connectivity index (χ3n) is 9.74. The zero-order valence-electron chi connectivity index (χ0n) is 39.0. The summed E-state index contributed by atoms with van der Waals surface area (Å²) in [6.07, 6.45) is 6.07. The molecule has 0 heterocycles. The van der Waals surface area contributed by atoms with Crippen LogP contribution in [0.5, 0.6) is 0 Å². The van der Waals surface area contributed by atoms with E-state index in [9.17, 15) is 19.2 Å². The summed E-state index contributed by atoms with van der Waals surface area (Å²) < 4.78 is -0.398. The Morgan fingerprint density at radius 1 is 0.582 bits per heavy atom. The second-order valence-electron chi connectivity index (χ2n) is 14.4. The molecule has 0 aliphatic rings. The van der Waals surface area contributed by atoms with Crippen LogP contribution in [0.2, 0.25) is 0 Å². The zero-order chi connectivity index (χ0) is 49.5. The van der Waals surface area contributed by atoms with Crippen molar-refractivity contribution in [3.05, 3.63) is 146 Å². The molecule has 0 fully saturated rings. The molecule has 0 saturated heterocycles. The second kappa shape index (κ2) is 38.3. The van der Waals surface area contributed by atoms with Crippen molar-refractivity contribution in [2.24, 2.45) is 19.6 Å². The molecule has 0 bridgehead atoms. The van der Waals surface area contributed by atoms with Crippen molar-refractivity contribution in [3.8, 4) is 0 Å². The monoisotopic (exact) mass is 956 g/mol. The fourth-order valence-corrected chi connectivity index (χ4v) is 9.19. The van der Waals surface area contributed by atoms with Crippen molar-refractivity contribution >= 4 is 90.3 Å². The van der Waals surface area contributed by atoms with Crippen LogP contribution >= 0.6 is 36.2 Å². The molecule has 3 aromatic carbocycles. The quantitative estimate of drug-likeness (QED) is 0.0192. The number of rotatable bonds is 32. The second-order valence-corrected chi connectivity index (χ2v) is 17.4. The molecule has 0 aliphatic carbocycles. The van der Waals surface area contributed by atoms with Crippen LogP contribution in [0, 0.1) is 0 Å². The fourth-order valence-electron chi connectivity index (χ4n) is 6.55. The summed E-state index contributed by atoms with van der Waals surface area (Å²) in [7, 11) is 20.4. The first-order valence-electron chi connectivity index (χ1n) is 22.0. The molecular formula is C48H64B4N8O4S3. The summed E-state index contributed by atoms with van der Waals surface area (Å²) in [6, 6.07) is 31.6. The summed E-state index contributed by atoms with van der Waals surface area (Å²) in [4.78, 5) is 68.1. The minimum absolute atomic E-state index is 0.0187. The Morgan fingerprint density at radius 3 is 1.43 bits per heavy atom. The average Bonchev–Trinajstić information content (AvgIpc) is 3.35. The van der Waals surface area contributed by atoms with Gasteiger partial charge < -0.3 is 0 Å². The standard InChI is InChI=1S/C26H26BN2OS.C15H26B2N4O2S.C7H12BN2OS/c1-2-25(30)29(19-18-28-27)20-21-31-26(22-12-6-3-7-13-22,23-14-8-4-9-15-23)24-16-10-5-11-17-24;1-3-7-20(9-6-18-16)14(22)5-11-24-12-10-21(8-4-2)15(23)13-19-17;1-2-3-10(4-5-12)7(11)6-9-8/h2-17H,1,18-21H2;4H,2-3,5-13H2,1H3;2,12H,1,3-6H2. The summed E-state index contributed by atoms with van der Waals surface area (Å²) in [6.45, 7) is 18.3. The fraction of sp³-hybridized carbons (Fsp3) is 0.417.